The lowest BCUT2D eigenvalue weighted by molar-refractivity contribution is 0.157. The van der Waals surface area contributed by atoms with Crippen LogP contribution in [0.2, 0.25) is 0 Å². The molecule has 1 N–H and O–H groups in total. The number of likely N-dealkylation sites (N-methyl/N-ethyl adjacent to an activating group) is 1. The van der Waals surface area contributed by atoms with Gasteiger partial charge in [-0.2, -0.15) is 0 Å². The van der Waals surface area contributed by atoms with E-state index in [1.54, 1.807) is 7.11 Å². The number of guanidine groups is 1. The van der Waals surface area contributed by atoms with E-state index in [4.69, 9.17) is 9.73 Å². The molecule has 2 atom stereocenters. The fraction of sp³-hybridized carbons (Fsp3) is 0.947. The molecule has 1 rings (SSSR count). The Bertz CT molecular complexity index is 355. The van der Waals surface area contributed by atoms with Gasteiger partial charge in [0, 0.05) is 38.7 Å². The van der Waals surface area contributed by atoms with E-state index in [2.05, 4.69) is 49.7 Å². The van der Waals surface area contributed by atoms with Crippen LogP contribution < -0.4 is 5.32 Å². The van der Waals surface area contributed by atoms with Crippen molar-refractivity contribution in [1.82, 2.24) is 15.1 Å². The SMILES string of the molecule is CCNC(=NCC(CC(C)C)N(CC)CC)N1CCC(COC)C1. The highest BCUT2D eigenvalue weighted by atomic mass is 16.5. The molecule has 1 heterocycles. The number of nitrogens with zero attached hydrogens (tertiary/aromatic N) is 3. The van der Waals surface area contributed by atoms with Gasteiger partial charge >= 0.3 is 0 Å². The molecule has 0 bridgehead atoms. The maximum atomic E-state index is 5.32. The molecule has 5 heteroatoms. The van der Waals surface area contributed by atoms with E-state index in [0.29, 0.717) is 17.9 Å². The van der Waals surface area contributed by atoms with Crippen molar-refractivity contribution >= 4 is 5.96 Å². The van der Waals surface area contributed by atoms with Crippen molar-refractivity contribution in [3.63, 3.8) is 0 Å². The zero-order valence-corrected chi connectivity index (χ0v) is 16.8. The van der Waals surface area contributed by atoms with Crippen LogP contribution in [-0.4, -0.2) is 74.8 Å². The smallest absolute Gasteiger partial charge is 0.193 e. The number of rotatable bonds is 10. The van der Waals surface area contributed by atoms with Gasteiger partial charge in [-0.1, -0.05) is 27.7 Å². The Hall–Kier alpha value is -0.810. The number of aliphatic imine (C=N–C) groups is 1. The molecule has 0 aliphatic carbocycles. The van der Waals surface area contributed by atoms with Gasteiger partial charge < -0.3 is 15.0 Å². The second-order valence-electron chi connectivity index (χ2n) is 7.26. The molecule has 0 saturated carbocycles. The monoisotopic (exact) mass is 340 g/mol. The minimum atomic E-state index is 0.533. The first-order chi connectivity index (χ1) is 11.5. The summed E-state index contributed by atoms with van der Waals surface area (Å²) in [4.78, 5) is 9.96. The number of methoxy groups -OCH3 is 1. The van der Waals surface area contributed by atoms with Crippen molar-refractivity contribution in [2.45, 2.75) is 53.5 Å². The normalized spacial score (nSPS) is 20.2. The molecule has 1 aliphatic heterocycles. The third-order valence-corrected chi connectivity index (χ3v) is 4.85. The van der Waals surface area contributed by atoms with Crippen LogP contribution in [0.1, 0.15) is 47.5 Å². The summed E-state index contributed by atoms with van der Waals surface area (Å²) in [5.74, 6) is 2.41. The summed E-state index contributed by atoms with van der Waals surface area (Å²) in [5.41, 5.74) is 0. The van der Waals surface area contributed by atoms with Gasteiger partial charge in [0.2, 0.25) is 0 Å². The predicted octanol–water partition coefficient (Wildman–Crippen LogP) is 2.68. The molecule has 0 aromatic rings. The Labute approximate surface area is 149 Å². The second kappa shape index (κ2) is 11.7. The Morgan fingerprint density at radius 1 is 1.29 bits per heavy atom. The summed E-state index contributed by atoms with van der Waals surface area (Å²) >= 11 is 0. The third kappa shape index (κ3) is 6.98. The van der Waals surface area contributed by atoms with Crippen LogP contribution in [0.5, 0.6) is 0 Å². The molecule has 142 valence electrons. The lowest BCUT2D eigenvalue weighted by Crippen LogP contribution is -2.43. The number of hydrogen-bond donors (Lipinski definition) is 1. The second-order valence-corrected chi connectivity index (χ2v) is 7.26. The Morgan fingerprint density at radius 2 is 2.00 bits per heavy atom. The topological polar surface area (TPSA) is 40.1 Å². The molecule has 1 saturated heterocycles. The van der Waals surface area contributed by atoms with Crippen LogP contribution in [0.4, 0.5) is 0 Å². The van der Waals surface area contributed by atoms with Crippen molar-refractivity contribution in [2.24, 2.45) is 16.8 Å². The van der Waals surface area contributed by atoms with Crippen molar-refractivity contribution in [1.29, 1.82) is 0 Å². The van der Waals surface area contributed by atoms with Gasteiger partial charge in [0.05, 0.1) is 13.2 Å². The largest absolute Gasteiger partial charge is 0.384 e. The van der Waals surface area contributed by atoms with Crippen LogP contribution in [0.3, 0.4) is 0 Å². The number of ether oxygens (including phenoxy) is 1. The van der Waals surface area contributed by atoms with Crippen LogP contribution in [-0.2, 0) is 4.74 Å². The van der Waals surface area contributed by atoms with Gasteiger partial charge in [-0.05, 0) is 38.8 Å². The number of nitrogens with one attached hydrogen (secondary N) is 1. The molecule has 0 aromatic heterocycles. The summed E-state index contributed by atoms with van der Waals surface area (Å²) in [6.45, 7) is 18.3. The minimum absolute atomic E-state index is 0.533. The zero-order valence-electron chi connectivity index (χ0n) is 16.8. The first-order valence-corrected chi connectivity index (χ1v) is 9.81. The Morgan fingerprint density at radius 3 is 2.54 bits per heavy atom. The average Bonchev–Trinajstić information content (AvgIpc) is 3.00. The van der Waals surface area contributed by atoms with Crippen LogP contribution >= 0.6 is 0 Å². The van der Waals surface area contributed by atoms with E-state index < -0.39 is 0 Å². The van der Waals surface area contributed by atoms with Gasteiger partial charge in [0.25, 0.3) is 0 Å². The molecule has 1 aliphatic rings. The maximum absolute atomic E-state index is 5.32. The molecule has 0 spiro atoms. The van der Waals surface area contributed by atoms with Crippen molar-refractivity contribution in [2.75, 3.05) is 53.0 Å². The van der Waals surface area contributed by atoms with Crippen LogP contribution in [0, 0.1) is 11.8 Å². The first-order valence-electron chi connectivity index (χ1n) is 9.81. The summed E-state index contributed by atoms with van der Waals surface area (Å²) in [5, 5.41) is 3.49. The fourth-order valence-electron chi connectivity index (χ4n) is 3.64. The molecule has 0 aromatic carbocycles. The van der Waals surface area contributed by atoms with Gasteiger partial charge in [0.1, 0.15) is 0 Å². The predicted molar refractivity (Wildman–Crippen MR) is 104 cm³/mol. The first kappa shape index (κ1) is 21.2. The van der Waals surface area contributed by atoms with Crippen LogP contribution in [0.25, 0.3) is 0 Å². The molecule has 24 heavy (non-hydrogen) atoms. The highest BCUT2D eigenvalue weighted by Gasteiger charge is 2.25. The van der Waals surface area contributed by atoms with Crippen LogP contribution in [0.15, 0.2) is 4.99 Å². The Balaban J connectivity index is 2.74. The highest BCUT2D eigenvalue weighted by Crippen LogP contribution is 2.17. The summed E-state index contributed by atoms with van der Waals surface area (Å²) < 4.78 is 5.32. The molecule has 1 fully saturated rings. The van der Waals surface area contributed by atoms with Gasteiger partial charge in [-0.15, -0.1) is 0 Å². The lowest BCUT2D eigenvalue weighted by Gasteiger charge is -2.30. The molecule has 0 radical (unpaired) electrons. The number of hydrogen-bond acceptors (Lipinski definition) is 3. The van der Waals surface area contributed by atoms with E-state index in [-0.39, 0.29) is 0 Å². The molecule has 2 unspecified atom stereocenters. The minimum Gasteiger partial charge on any atom is -0.384 e. The molecular formula is C19H40N4O. The fourth-order valence-corrected chi connectivity index (χ4v) is 3.64. The average molecular weight is 341 g/mol. The zero-order chi connectivity index (χ0) is 17.9. The Kier molecular flexibility index (Phi) is 10.3. The van der Waals surface area contributed by atoms with E-state index in [1.165, 1.54) is 12.8 Å². The molecule has 0 amide bonds. The van der Waals surface area contributed by atoms with E-state index in [9.17, 15) is 0 Å². The van der Waals surface area contributed by atoms with Gasteiger partial charge in [-0.25, -0.2) is 0 Å². The molecular weight excluding hydrogens is 300 g/mol. The van der Waals surface area contributed by atoms with Crippen molar-refractivity contribution in [3.8, 4) is 0 Å². The standard InChI is InChI=1S/C19H40N4O/c1-7-20-19(23-11-10-17(14-23)15-24-6)21-13-18(12-16(4)5)22(8-2)9-3/h16-18H,7-15H2,1-6H3,(H,20,21). The quantitative estimate of drug-likeness (QED) is 0.490. The summed E-state index contributed by atoms with van der Waals surface area (Å²) in [6.07, 6.45) is 2.40. The van der Waals surface area contributed by atoms with E-state index in [1.807, 2.05) is 0 Å². The lowest BCUT2D eigenvalue weighted by atomic mass is 10.0. The summed E-state index contributed by atoms with van der Waals surface area (Å²) in [7, 11) is 1.79. The third-order valence-electron chi connectivity index (χ3n) is 4.85. The number of likely N-dealkylation sites (tertiary alicyclic amines) is 1. The van der Waals surface area contributed by atoms with Gasteiger partial charge in [-0.3, -0.25) is 9.89 Å². The molecule has 5 nitrogen and oxygen atoms in total. The summed E-state index contributed by atoms with van der Waals surface area (Å²) in [6, 6.07) is 0.533. The van der Waals surface area contributed by atoms with Gasteiger partial charge in [0.15, 0.2) is 5.96 Å². The van der Waals surface area contributed by atoms with E-state index in [0.717, 1.165) is 51.8 Å². The van der Waals surface area contributed by atoms with Crippen molar-refractivity contribution in [3.05, 3.63) is 0 Å². The highest BCUT2D eigenvalue weighted by molar-refractivity contribution is 5.80. The van der Waals surface area contributed by atoms with E-state index >= 15 is 0 Å². The van der Waals surface area contributed by atoms with Crippen molar-refractivity contribution < 1.29 is 4.74 Å². The maximum Gasteiger partial charge on any atom is 0.193 e.